The lowest BCUT2D eigenvalue weighted by Gasteiger charge is -2.06. The predicted molar refractivity (Wildman–Crippen MR) is 60.7 cm³/mol. The van der Waals surface area contributed by atoms with Crippen LogP contribution in [0.4, 0.5) is 0 Å². The molecule has 3 heteroatoms. The minimum atomic E-state index is -0.431. The first-order chi connectivity index (χ1) is 7.77. The molecular weight excluding hydrogens is 204 g/mol. The Bertz CT molecular complexity index is 553. The van der Waals surface area contributed by atoms with E-state index in [0.717, 1.165) is 11.7 Å². The zero-order valence-electron chi connectivity index (χ0n) is 8.77. The van der Waals surface area contributed by atoms with Crippen LogP contribution in [0.15, 0.2) is 36.4 Å². The summed E-state index contributed by atoms with van der Waals surface area (Å²) in [5, 5.41) is 1.50. The summed E-state index contributed by atoms with van der Waals surface area (Å²) in [7, 11) is 1.32. The van der Waals surface area contributed by atoms with Crippen LogP contribution in [0.1, 0.15) is 20.7 Å². The van der Waals surface area contributed by atoms with E-state index in [9.17, 15) is 9.59 Å². The summed E-state index contributed by atoms with van der Waals surface area (Å²) >= 11 is 0. The molecule has 0 unspecified atom stereocenters. The fourth-order valence-electron chi connectivity index (χ4n) is 1.75. The van der Waals surface area contributed by atoms with Crippen LogP contribution in [-0.2, 0) is 4.74 Å². The Kier molecular flexibility index (Phi) is 2.68. The molecule has 0 aliphatic heterocycles. The highest BCUT2D eigenvalue weighted by Gasteiger charge is 2.12. The van der Waals surface area contributed by atoms with Gasteiger partial charge < -0.3 is 4.74 Å². The number of aldehydes is 1. The van der Waals surface area contributed by atoms with Gasteiger partial charge in [-0.15, -0.1) is 0 Å². The molecule has 0 atom stereocenters. The number of rotatable bonds is 2. The van der Waals surface area contributed by atoms with E-state index in [4.69, 9.17) is 0 Å². The van der Waals surface area contributed by atoms with Gasteiger partial charge in [-0.1, -0.05) is 30.3 Å². The van der Waals surface area contributed by atoms with Crippen molar-refractivity contribution in [2.75, 3.05) is 7.11 Å². The van der Waals surface area contributed by atoms with Crippen molar-refractivity contribution in [3.05, 3.63) is 47.5 Å². The SMILES string of the molecule is COC(=O)c1cccc2cccc(C=O)c12. The second-order valence-corrected chi connectivity index (χ2v) is 3.36. The van der Waals surface area contributed by atoms with E-state index in [1.54, 1.807) is 24.3 Å². The van der Waals surface area contributed by atoms with Gasteiger partial charge in [-0.2, -0.15) is 0 Å². The standard InChI is InChI=1S/C13H10O3/c1-16-13(15)11-7-3-5-9-4-2-6-10(8-14)12(9)11/h2-8H,1H3. The molecule has 0 amide bonds. The van der Waals surface area contributed by atoms with Crippen LogP contribution in [0.3, 0.4) is 0 Å². The molecule has 0 radical (unpaired) electrons. The van der Waals surface area contributed by atoms with Crippen molar-refractivity contribution >= 4 is 23.0 Å². The second-order valence-electron chi connectivity index (χ2n) is 3.36. The Labute approximate surface area is 92.6 Å². The van der Waals surface area contributed by atoms with E-state index in [-0.39, 0.29) is 0 Å². The first kappa shape index (κ1) is 10.4. The molecule has 0 spiro atoms. The van der Waals surface area contributed by atoms with Gasteiger partial charge in [0, 0.05) is 10.9 Å². The maximum absolute atomic E-state index is 11.6. The van der Waals surface area contributed by atoms with Gasteiger partial charge in [-0.3, -0.25) is 4.79 Å². The van der Waals surface area contributed by atoms with Gasteiger partial charge in [-0.25, -0.2) is 4.79 Å². The molecule has 0 saturated heterocycles. The van der Waals surface area contributed by atoms with Crippen LogP contribution in [0.5, 0.6) is 0 Å². The molecule has 3 nitrogen and oxygen atoms in total. The zero-order valence-corrected chi connectivity index (χ0v) is 8.77. The van der Waals surface area contributed by atoms with Crippen LogP contribution in [-0.4, -0.2) is 19.4 Å². The lowest BCUT2D eigenvalue weighted by molar-refractivity contribution is 0.0603. The number of esters is 1. The van der Waals surface area contributed by atoms with Gasteiger partial charge in [0.25, 0.3) is 0 Å². The molecule has 2 aromatic carbocycles. The first-order valence-corrected chi connectivity index (χ1v) is 4.83. The molecule has 16 heavy (non-hydrogen) atoms. The first-order valence-electron chi connectivity index (χ1n) is 4.83. The summed E-state index contributed by atoms with van der Waals surface area (Å²) < 4.78 is 4.69. The second kappa shape index (κ2) is 4.14. The van der Waals surface area contributed by atoms with Crippen molar-refractivity contribution in [3.8, 4) is 0 Å². The Morgan fingerprint density at radius 2 is 1.88 bits per heavy atom. The third-order valence-electron chi connectivity index (χ3n) is 2.47. The van der Waals surface area contributed by atoms with Gasteiger partial charge in [-0.05, 0) is 11.5 Å². The van der Waals surface area contributed by atoms with Crippen molar-refractivity contribution < 1.29 is 14.3 Å². The monoisotopic (exact) mass is 214 g/mol. The van der Waals surface area contributed by atoms with Crippen LogP contribution in [0, 0.1) is 0 Å². The summed E-state index contributed by atoms with van der Waals surface area (Å²) in [4.78, 5) is 22.5. The van der Waals surface area contributed by atoms with Gasteiger partial charge >= 0.3 is 5.97 Å². The molecule has 0 bridgehead atoms. The summed E-state index contributed by atoms with van der Waals surface area (Å²) in [5.41, 5.74) is 0.918. The smallest absolute Gasteiger partial charge is 0.338 e. The van der Waals surface area contributed by atoms with Crippen molar-refractivity contribution in [2.45, 2.75) is 0 Å². The Hall–Kier alpha value is -2.16. The topological polar surface area (TPSA) is 43.4 Å². The summed E-state index contributed by atoms with van der Waals surface area (Å²) in [5.74, 6) is -0.431. The highest BCUT2D eigenvalue weighted by atomic mass is 16.5. The summed E-state index contributed by atoms with van der Waals surface area (Å²) in [6.07, 6.45) is 0.745. The molecule has 2 rings (SSSR count). The molecular formula is C13H10O3. The number of carbonyl (C=O) groups excluding carboxylic acids is 2. The van der Waals surface area contributed by atoms with Crippen LogP contribution >= 0.6 is 0 Å². The van der Waals surface area contributed by atoms with Gasteiger partial charge in [0.1, 0.15) is 0 Å². The molecule has 2 aromatic rings. The van der Waals surface area contributed by atoms with E-state index < -0.39 is 5.97 Å². The Morgan fingerprint density at radius 3 is 2.50 bits per heavy atom. The number of ether oxygens (including phenoxy) is 1. The molecule has 0 aliphatic rings. The fraction of sp³-hybridized carbons (Fsp3) is 0.0769. The average molecular weight is 214 g/mol. The van der Waals surface area contributed by atoms with Crippen molar-refractivity contribution in [3.63, 3.8) is 0 Å². The fourth-order valence-corrected chi connectivity index (χ4v) is 1.75. The largest absolute Gasteiger partial charge is 0.465 e. The highest BCUT2D eigenvalue weighted by Crippen LogP contribution is 2.22. The molecule has 0 heterocycles. The third kappa shape index (κ3) is 1.56. The lowest BCUT2D eigenvalue weighted by Crippen LogP contribution is -2.03. The van der Waals surface area contributed by atoms with Gasteiger partial charge in [0.2, 0.25) is 0 Å². The lowest BCUT2D eigenvalue weighted by atomic mass is 10.00. The van der Waals surface area contributed by atoms with Crippen LogP contribution in [0.2, 0.25) is 0 Å². The van der Waals surface area contributed by atoms with Crippen LogP contribution in [0.25, 0.3) is 10.8 Å². The molecule has 0 aliphatic carbocycles. The third-order valence-corrected chi connectivity index (χ3v) is 2.47. The average Bonchev–Trinajstić information content (AvgIpc) is 2.36. The van der Waals surface area contributed by atoms with Gasteiger partial charge in [0.15, 0.2) is 6.29 Å². The minimum absolute atomic E-state index is 0.419. The number of benzene rings is 2. The Morgan fingerprint density at radius 1 is 1.19 bits per heavy atom. The van der Waals surface area contributed by atoms with E-state index >= 15 is 0 Å². The minimum Gasteiger partial charge on any atom is -0.465 e. The number of hydrogen-bond acceptors (Lipinski definition) is 3. The summed E-state index contributed by atoms with van der Waals surface area (Å²) in [6, 6.07) is 10.6. The van der Waals surface area contributed by atoms with Crippen molar-refractivity contribution in [1.82, 2.24) is 0 Å². The van der Waals surface area contributed by atoms with E-state index in [1.807, 2.05) is 12.1 Å². The number of methoxy groups -OCH3 is 1. The summed E-state index contributed by atoms with van der Waals surface area (Å²) in [6.45, 7) is 0. The Balaban J connectivity index is 2.83. The highest BCUT2D eigenvalue weighted by molar-refractivity contribution is 6.10. The normalized spacial score (nSPS) is 10.1. The van der Waals surface area contributed by atoms with Gasteiger partial charge in [0.05, 0.1) is 12.7 Å². The maximum Gasteiger partial charge on any atom is 0.338 e. The maximum atomic E-state index is 11.6. The quantitative estimate of drug-likeness (QED) is 0.569. The van der Waals surface area contributed by atoms with Crippen molar-refractivity contribution in [2.24, 2.45) is 0 Å². The van der Waals surface area contributed by atoms with Crippen LogP contribution < -0.4 is 0 Å². The van der Waals surface area contributed by atoms with E-state index in [0.29, 0.717) is 16.5 Å². The van der Waals surface area contributed by atoms with E-state index in [1.165, 1.54) is 7.11 Å². The molecule has 0 N–H and O–H groups in total. The molecule has 0 saturated carbocycles. The molecule has 0 aromatic heterocycles. The number of hydrogen-bond donors (Lipinski definition) is 0. The predicted octanol–water partition coefficient (Wildman–Crippen LogP) is 2.44. The van der Waals surface area contributed by atoms with E-state index in [2.05, 4.69) is 4.74 Å². The molecule has 0 fully saturated rings. The zero-order chi connectivity index (χ0) is 11.5. The molecule has 80 valence electrons. The number of carbonyl (C=O) groups is 2. The number of fused-ring (bicyclic) bond motifs is 1. The van der Waals surface area contributed by atoms with Crippen molar-refractivity contribution in [1.29, 1.82) is 0 Å².